The SMILES string of the molecule is C=C1OC2(CCC(=O)CC2)O1. The molecule has 2 rings (SSSR count). The van der Waals surface area contributed by atoms with Crippen LogP contribution in [0.2, 0.25) is 0 Å². The molecular formula is C8H10O3. The van der Waals surface area contributed by atoms with Crippen molar-refractivity contribution in [3.05, 3.63) is 12.5 Å². The fraction of sp³-hybridized carbons (Fsp3) is 0.625. The average molecular weight is 154 g/mol. The van der Waals surface area contributed by atoms with Gasteiger partial charge in [0.15, 0.2) is 0 Å². The van der Waals surface area contributed by atoms with Gasteiger partial charge >= 0.3 is 0 Å². The number of ketones is 1. The van der Waals surface area contributed by atoms with Gasteiger partial charge in [-0.2, -0.15) is 0 Å². The van der Waals surface area contributed by atoms with Gasteiger partial charge in [-0.1, -0.05) is 0 Å². The summed E-state index contributed by atoms with van der Waals surface area (Å²) in [6, 6.07) is 0. The molecule has 0 unspecified atom stereocenters. The minimum Gasteiger partial charge on any atom is -0.423 e. The van der Waals surface area contributed by atoms with Crippen molar-refractivity contribution in [3.63, 3.8) is 0 Å². The van der Waals surface area contributed by atoms with Gasteiger partial charge in [0.2, 0.25) is 0 Å². The molecule has 0 aromatic heterocycles. The van der Waals surface area contributed by atoms with Gasteiger partial charge in [0.05, 0.1) is 0 Å². The maximum Gasteiger partial charge on any atom is 0.278 e. The Morgan fingerprint density at radius 3 is 2.27 bits per heavy atom. The molecule has 1 saturated heterocycles. The molecule has 60 valence electrons. The summed E-state index contributed by atoms with van der Waals surface area (Å²) in [5.41, 5.74) is 0. The number of carbonyl (C=O) groups excluding carboxylic acids is 1. The van der Waals surface area contributed by atoms with E-state index in [2.05, 4.69) is 6.58 Å². The molecule has 1 heterocycles. The zero-order valence-corrected chi connectivity index (χ0v) is 6.26. The van der Waals surface area contributed by atoms with E-state index in [1.54, 1.807) is 0 Å². The summed E-state index contributed by atoms with van der Waals surface area (Å²) < 4.78 is 10.5. The number of rotatable bonds is 0. The van der Waals surface area contributed by atoms with Crippen LogP contribution < -0.4 is 0 Å². The molecule has 2 fully saturated rings. The number of hydrogen-bond donors (Lipinski definition) is 0. The molecule has 0 N–H and O–H groups in total. The number of ether oxygens (including phenoxy) is 2. The molecule has 0 aromatic rings. The third-order valence-electron chi connectivity index (χ3n) is 2.17. The van der Waals surface area contributed by atoms with E-state index in [0.29, 0.717) is 37.4 Å². The van der Waals surface area contributed by atoms with Crippen LogP contribution in [0.1, 0.15) is 25.7 Å². The molecule has 1 aliphatic carbocycles. The third kappa shape index (κ3) is 1.00. The number of Topliss-reactive ketones (excluding diaryl/α,β-unsaturated/α-hetero) is 1. The van der Waals surface area contributed by atoms with E-state index in [-0.39, 0.29) is 0 Å². The summed E-state index contributed by atoms with van der Waals surface area (Å²) in [6.45, 7) is 3.50. The van der Waals surface area contributed by atoms with Gasteiger partial charge in [-0.3, -0.25) is 4.79 Å². The van der Waals surface area contributed by atoms with Gasteiger partial charge in [0.1, 0.15) is 5.78 Å². The highest BCUT2D eigenvalue weighted by atomic mass is 16.9. The first-order valence-corrected chi connectivity index (χ1v) is 3.79. The summed E-state index contributed by atoms with van der Waals surface area (Å²) in [4.78, 5) is 10.8. The zero-order valence-electron chi connectivity index (χ0n) is 6.26. The van der Waals surface area contributed by atoms with Crippen LogP contribution in [0.3, 0.4) is 0 Å². The quantitative estimate of drug-likeness (QED) is 0.528. The van der Waals surface area contributed by atoms with Crippen LogP contribution in [0.4, 0.5) is 0 Å². The lowest BCUT2D eigenvalue weighted by atomic mass is 9.92. The van der Waals surface area contributed by atoms with Crippen LogP contribution in [0.25, 0.3) is 0 Å². The van der Waals surface area contributed by atoms with Gasteiger partial charge < -0.3 is 9.47 Å². The normalized spacial score (nSPS) is 27.3. The van der Waals surface area contributed by atoms with Crippen LogP contribution in [-0.2, 0) is 14.3 Å². The predicted molar refractivity (Wildman–Crippen MR) is 37.5 cm³/mol. The first-order chi connectivity index (χ1) is 5.20. The Morgan fingerprint density at radius 2 is 1.82 bits per heavy atom. The van der Waals surface area contributed by atoms with Crippen LogP contribution >= 0.6 is 0 Å². The molecule has 3 heteroatoms. The Hall–Kier alpha value is -0.990. The molecule has 0 bridgehead atoms. The van der Waals surface area contributed by atoms with Crippen molar-refractivity contribution in [1.82, 2.24) is 0 Å². The monoisotopic (exact) mass is 154 g/mol. The lowest BCUT2D eigenvalue weighted by Gasteiger charge is -2.44. The van der Waals surface area contributed by atoms with Gasteiger partial charge in [-0.25, -0.2) is 0 Å². The Kier molecular flexibility index (Phi) is 1.22. The van der Waals surface area contributed by atoms with Crippen molar-refractivity contribution >= 4 is 5.78 Å². The lowest BCUT2D eigenvalue weighted by Crippen LogP contribution is -2.47. The van der Waals surface area contributed by atoms with Crippen molar-refractivity contribution in [2.24, 2.45) is 0 Å². The van der Waals surface area contributed by atoms with Gasteiger partial charge in [-0.05, 0) is 6.58 Å². The molecule has 0 radical (unpaired) electrons. The van der Waals surface area contributed by atoms with E-state index >= 15 is 0 Å². The maximum absolute atomic E-state index is 10.8. The van der Waals surface area contributed by atoms with E-state index in [1.165, 1.54) is 0 Å². The lowest BCUT2D eigenvalue weighted by molar-refractivity contribution is -0.341. The smallest absolute Gasteiger partial charge is 0.278 e. The fourth-order valence-electron chi connectivity index (χ4n) is 1.54. The van der Waals surface area contributed by atoms with Crippen molar-refractivity contribution < 1.29 is 14.3 Å². The molecule has 2 aliphatic rings. The van der Waals surface area contributed by atoms with E-state index in [4.69, 9.17) is 9.47 Å². The van der Waals surface area contributed by atoms with Crippen molar-refractivity contribution in [3.8, 4) is 0 Å². The molecule has 3 nitrogen and oxygen atoms in total. The summed E-state index contributed by atoms with van der Waals surface area (Å²) in [7, 11) is 0. The second kappa shape index (κ2) is 2.00. The Balaban J connectivity index is 1.97. The summed E-state index contributed by atoms with van der Waals surface area (Å²) in [6.07, 6.45) is 2.52. The second-order valence-corrected chi connectivity index (χ2v) is 3.03. The van der Waals surface area contributed by atoms with E-state index < -0.39 is 5.79 Å². The van der Waals surface area contributed by atoms with Crippen LogP contribution in [0, 0.1) is 0 Å². The van der Waals surface area contributed by atoms with Crippen LogP contribution in [-0.4, -0.2) is 11.6 Å². The van der Waals surface area contributed by atoms with E-state index in [9.17, 15) is 4.79 Å². The second-order valence-electron chi connectivity index (χ2n) is 3.03. The highest BCUT2D eigenvalue weighted by molar-refractivity contribution is 5.79. The van der Waals surface area contributed by atoms with Gasteiger partial charge in [-0.15, -0.1) is 0 Å². The summed E-state index contributed by atoms with van der Waals surface area (Å²) >= 11 is 0. The molecule has 1 spiro atoms. The highest BCUT2D eigenvalue weighted by Crippen LogP contribution is 2.41. The third-order valence-corrected chi connectivity index (χ3v) is 2.17. The summed E-state index contributed by atoms with van der Waals surface area (Å²) in [5.74, 6) is 0.227. The molecule has 11 heavy (non-hydrogen) atoms. The Labute approximate surface area is 65.0 Å². The molecule has 0 atom stereocenters. The van der Waals surface area contributed by atoms with E-state index in [0.717, 1.165) is 0 Å². The highest BCUT2D eigenvalue weighted by Gasteiger charge is 2.46. The average Bonchev–Trinajstić information content (AvgIpc) is 1.92. The van der Waals surface area contributed by atoms with Gasteiger partial charge in [0, 0.05) is 25.7 Å². The minimum absolute atomic E-state index is 0.306. The Bertz CT molecular complexity index is 199. The molecular weight excluding hydrogens is 144 g/mol. The molecule has 1 saturated carbocycles. The number of carbonyl (C=O) groups is 1. The van der Waals surface area contributed by atoms with Crippen LogP contribution in [0.15, 0.2) is 12.5 Å². The maximum atomic E-state index is 10.8. The van der Waals surface area contributed by atoms with Crippen LogP contribution in [0.5, 0.6) is 0 Å². The first kappa shape index (κ1) is 6.70. The predicted octanol–water partition coefficient (Wildman–Crippen LogP) is 1.34. The molecule has 0 aromatic carbocycles. The van der Waals surface area contributed by atoms with Crippen molar-refractivity contribution in [1.29, 1.82) is 0 Å². The molecule has 0 amide bonds. The number of hydrogen-bond acceptors (Lipinski definition) is 3. The largest absolute Gasteiger partial charge is 0.423 e. The summed E-state index contributed by atoms with van der Waals surface area (Å²) in [5, 5.41) is 0. The van der Waals surface area contributed by atoms with Crippen molar-refractivity contribution in [2.45, 2.75) is 31.5 Å². The topological polar surface area (TPSA) is 35.5 Å². The zero-order chi connectivity index (χ0) is 7.90. The van der Waals surface area contributed by atoms with E-state index in [1.807, 2.05) is 0 Å². The minimum atomic E-state index is -0.467. The fourth-order valence-corrected chi connectivity index (χ4v) is 1.54. The van der Waals surface area contributed by atoms with Gasteiger partial charge in [0.25, 0.3) is 11.7 Å². The Morgan fingerprint density at radius 1 is 1.27 bits per heavy atom. The van der Waals surface area contributed by atoms with Crippen molar-refractivity contribution in [2.75, 3.05) is 0 Å². The molecule has 1 aliphatic heterocycles. The standard InChI is InChI=1S/C8H10O3/c1-6-10-8(11-6)4-2-7(9)3-5-8/h1-5H2. The first-order valence-electron chi connectivity index (χ1n) is 3.79.